The third kappa shape index (κ3) is 4.82. The number of nitrogens with zero attached hydrogens (tertiary/aromatic N) is 1. The molecule has 0 aromatic heterocycles. The maximum Gasteiger partial charge on any atom is 0.262 e. The van der Waals surface area contributed by atoms with Crippen LogP contribution in [0.4, 0.5) is 5.69 Å². The van der Waals surface area contributed by atoms with Crippen LogP contribution in [0.5, 0.6) is 5.75 Å². The molecule has 0 atom stereocenters. The molecule has 1 N–H and O–H groups in total. The Bertz CT molecular complexity index is 959. The summed E-state index contributed by atoms with van der Waals surface area (Å²) in [6.07, 6.45) is 0. The van der Waals surface area contributed by atoms with Crippen LogP contribution in [0.15, 0.2) is 47.4 Å². The molecule has 0 radical (unpaired) electrons. The molecule has 2 aromatic rings. The topological polar surface area (TPSA) is 84.9 Å². The fourth-order valence-corrected chi connectivity index (χ4v) is 4.63. The molecule has 0 saturated carbocycles. The number of benzene rings is 2. The molecular formula is C19H21ClN2O5S. The second kappa shape index (κ2) is 8.91. The van der Waals surface area contributed by atoms with E-state index in [0.29, 0.717) is 48.3 Å². The molecule has 2 aromatic carbocycles. The van der Waals surface area contributed by atoms with Gasteiger partial charge in [-0.2, -0.15) is 4.31 Å². The summed E-state index contributed by atoms with van der Waals surface area (Å²) >= 11 is 5.99. The lowest BCUT2D eigenvalue weighted by Crippen LogP contribution is -2.40. The van der Waals surface area contributed by atoms with Gasteiger partial charge in [0.1, 0.15) is 5.75 Å². The highest BCUT2D eigenvalue weighted by atomic mass is 35.5. The van der Waals surface area contributed by atoms with Crippen molar-refractivity contribution >= 4 is 33.2 Å². The van der Waals surface area contributed by atoms with Crippen molar-refractivity contribution in [2.24, 2.45) is 0 Å². The molecule has 28 heavy (non-hydrogen) atoms. The Kier molecular flexibility index (Phi) is 6.56. The molecule has 1 aliphatic heterocycles. The van der Waals surface area contributed by atoms with Crippen LogP contribution in [0.2, 0.25) is 5.02 Å². The molecule has 3 rings (SSSR count). The first-order chi connectivity index (χ1) is 13.4. The Hall–Kier alpha value is -2.13. The van der Waals surface area contributed by atoms with E-state index in [2.05, 4.69) is 5.32 Å². The van der Waals surface area contributed by atoms with Gasteiger partial charge in [0.25, 0.3) is 5.91 Å². The van der Waals surface area contributed by atoms with E-state index in [4.69, 9.17) is 21.1 Å². The number of amides is 1. The number of anilines is 1. The number of hydrogen-bond donors (Lipinski definition) is 1. The lowest BCUT2D eigenvalue weighted by molar-refractivity contribution is -0.118. The van der Waals surface area contributed by atoms with Crippen LogP contribution < -0.4 is 10.1 Å². The Labute approximate surface area is 169 Å². The number of para-hydroxylation sites is 1. The summed E-state index contributed by atoms with van der Waals surface area (Å²) in [4.78, 5) is 12.4. The van der Waals surface area contributed by atoms with Crippen molar-refractivity contribution in [3.8, 4) is 5.75 Å². The quantitative estimate of drug-likeness (QED) is 0.770. The average molecular weight is 425 g/mol. The van der Waals surface area contributed by atoms with Gasteiger partial charge in [-0.05, 0) is 36.8 Å². The Morgan fingerprint density at radius 2 is 1.93 bits per heavy atom. The number of carbonyl (C=O) groups excluding carboxylic acids is 1. The number of morpholine rings is 1. The van der Waals surface area contributed by atoms with Crippen LogP contribution in [-0.4, -0.2) is 51.5 Å². The van der Waals surface area contributed by atoms with Crippen LogP contribution in [0, 0.1) is 6.92 Å². The Morgan fingerprint density at radius 3 is 2.64 bits per heavy atom. The number of aryl methyl sites for hydroxylation is 1. The van der Waals surface area contributed by atoms with Crippen LogP contribution in [0.3, 0.4) is 0 Å². The van der Waals surface area contributed by atoms with Gasteiger partial charge in [0, 0.05) is 18.8 Å². The molecule has 150 valence electrons. The van der Waals surface area contributed by atoms with Gasteiger partial charge in [0.05, 0.1) is 23.1 Å². The second-order valence-corrected chi connectivity index (χ2v) is 8.58. The first-order valence-corrected chi connectivity index (χ1v) is 10.6. The van der Waals surface area contributed by atoms with Crippen LogP contribution in [0.1, 0.15) is 5.56 Å². The molecule has 0 bridgehead atoms. The van der Waals surface area contributed by atoms with Crippen molar-refractivity contribution in [1.82, 2.24) is 4.31 Å². The number of ether oxygens (including phenoxy) is 2. The smallest absolute Gasteiger partial charge is 0.262 e. The summed E-state index contributed by atoms with van der Waals surface area (Å²) < 4.78 is 37.8. The van der Waals surface area contributed by atoms with E-state index >= 15 is 0 Å². The molecule has 1 saturated heterocycles. The summed E-state index contributed by atoms with van der Waals surface area (Å²) in [5, 5.41) is 3.07. The van der Waals surface area contributed by atoms with E-state index < -0.39 is 15.9 Å². The number of hydrogen-bond acceptors (Lipinski definition) is 5. The lowest BCUT2D eigenvalue weighted by Gasteiger charge is -2.26. The number of nitrogens with one attached hydrogen (secondary N) is 1. The van der Waals surface area contributed by atoms with Crippen molar-refractivity contribution in [2.75, 3.05) is 38.2 Å². The monoisotopic (exact) mass is 424 g/mol. The molecule has 9 heteroatoms. The van der Waals surface area contributed by atoms with Crippen molar-refractivity contribution in [1.29, 1.82) is 0 Å². The van der Waals surface area contributed by atoms with Crippen LogP contribution in [-0.2, 0) is 19.6 Å². The molecule has 7 nitrogen and oxygen atoms in total. The van der Waals surface area contributed by atoms with E-state index in [0.717, 1.165) is 0 Å². The molecule has 1 aliphatic rings. The predicted octanol–water partition coefficient (Wildman–Crippen LogP) is 2.69. The summed E-state index contributed by atoms with van der Waals surface area (Å²) in [6, 6.07) is 11.6. The molecular weight excluding hydrogens is 404 g/mol. The van der Waals surface area contributed by atoms with Crippen molar-refractivity contribution in [3.63, 3.8) is 0 Å². The molecule has 1 amide bonds. The highest BCUT2D eigenvalue weighted by Gasteiger charge is 2.28. The highest BCUT2D eigenvalue weighted by molar-refractivity contribution is 7.89. The van der Waals surface area contributed by atoms with Gasteiger partial charge in [-0.3, -0.25) is 4.79 Å². The summed E-state index contributed by atoms with van der Waals surface area (Å²) in [7, 11) is -3.66. The first-order valence-electron chi connectivity index (χ1n) is 8.73. The van der Waals surface area contributed by atoms with Gasteiger partial charge in [-0.15, -0.1) is 0 Å². The zero-order chi connectivity index (χ0) is 20.1. The van der Waals surface area contributed by atoms with Crippen molar-refractivity contribution in [3.05, 3.63) is 53.1 Å². The third-order valence-corrected chi connectivity index (χ3v) is 6.61. The molecule has 1 fully saturated rings. The zero-order valence-corrected chi connectivity index (χ0v) is 16.9. The zero-order valence-electron chi connectivity index (χ0n) is 15.4. The number of sulfonamides is 1. The normalized spacial score (nSPS) is 15.2. The Morgan fingerprint density at radius 1 is 1.21 bits per heavy atom. The molecule has 0 spiro atoms. The summed E-state index contributed by atoms with van der Waals surface area (Å²) in [6.45, 7) is 2.83. The van der Waals surface area contributed by atoms with Crippen LogP contribution >= 0.6 is 11.6 Å². The largest absolute Gasteiger partial charge is 0.482 e. The highest BCUT2D eigenvalue weighted by Crippen LogP contribution is 2.25. The number of halogens is 1. The minimum absolute atomic E-state index is 0.166. The van der Waals surface area contributed by atoms with Gasteiger partial charge in [-0.25, -0.2) is 8.42 Å². The molecule has 0 unspecified atom stereocenters. The van der Waals surface area contributed by atoms with E-state index in [1.165, 1.54) is 10.4 Å². The van der Waals surface area contributed by atoms with Gasteiger partial charge >= 0.3 is 0 Å². The minimum atomic E-state index is -3.66. The third-order valence-electron chi connectivity index (χ3n) is 4.26. The maximum absolute atomic E-state index is 12.9. The standard InChI is InChI=1S/C19H21ClN2O5S/c1-14-6-7-15(12-18(14)28(24,25)22-8-10-26-11-9-22)21-19(23)13-27-17-5-3-2-4-16(17)20/h2-7,12H,8-11,13H2,1H3,(H,21,23). The number of rotatable bonds is 6. The Balaban J connectivity index is 1.70. The SMILES string of the molecule is Cc1ccc(NC(=O)COc2ccccc2Cl)cc1S(=O)(=O)N1CCOCC1. The van der Waals surface area contributed by atoms with Crippen LogP contribution in [0.25, 0.3) is 0 Å². The summed E-state index contributed by atoms with van der Waals surface area (Å²) in [5.74, 6) is -0.0164. The van der Waals surface area contributed by atoms with Gasteiger partial charge in [-0.1, -0.05) is 29.8 Å². The van der Waals surface area contributed by atoms with Gasteiger partial charge in [0.15, 0.2) is 6.61 Å². The van der Waals surface area contributed by atoms with Crippen molar-refractivity contribution < 1.29 is 22.7 Å². The lowest BCUT2D eigenvalue weighted by atomic mass is 10.2. The van der Waals surface area contributed by atoms with E-state index in [1.807, 2.05) is 0 Å². The number of carbonyl (C=O) groups is 1. The fourth-order valence-electron chi connectivity index (χ4n) is 2.78. The van der Waals surface area contributed by atoms with E-state index in [9.17, 15) is 13.2 Å². The average Bonchev–Trinajstić information content (AvgIpc) is 2.69. The van der Waals surface area contributed by atoms with E-state index in [-0.39, 0.29) is 11.5 Å². The van der Waals surface area contributed by atoms with E-state index in [1.54, 1.807) is 43.3 Å². The minimum Gasteiger partial charge on any atom is -0.482 e. The maximum atomic E-state index is 12.9. The van der Waals surface area contributed by atoms with Crippen molar-refractivity contribution in [2.45, 2.75) is 11.8 Å². The predicted molar refractivity (Wildman–Crippen MR) is 106 cm³/mol. The molecule has 0 aliphatic carbocycles. The van der Waals surface area contributed by atoms with Gasteiger partial charge < -0.3 is 14.8 Å². The van der Waals surface area contributed by atoms with Gasteiger partial charge in [0.2, 0.25) is 10.0 Å². The summed E-state index contributed by atoms with van der Waals surface area (Å²) in [5.41, 5.74) is 0.988. The second-order valence-electron chi connectivity index (χ2n) is 6.26. The fraction of sp³-hybridized carbons (Fsp3) is 0.316. The molecule has 1 heterocycles. The first kappa shape index (κ1) is 20.6.